The standard InChI is InChI=1S/C18H22N8O/c1-12-10-13(2)26-18(20-12)22-16(24-26)11-17(27)25-8-5-14(6-9-25)21-15-4-3-7-19-23-15/h3-4,7,10,14H,5-6,8-9,11H2,1-2H3,(H,21,23). The number of aryl methyl sites for hydroxylation is 2. The van der Waals surface area contributed by atoms with Crippen LogP contribution >= 0.6 is 0 Å². The molecule has 0 saturated carbocycles. The minimum Gasteiger partial charge on any atom is -0.366 e. The fourth-order valence-corrected chi connectivity index (χ4v) is 3.39. The van der Waals surface area contributed by atoms with Gasteiger partial charge in [0.25, 0.3) is 5.78 Å². The van der Waals surface area contributed by atoms with Gasteiger partial charge in [0.15, 0.2) is 5.82 Å². The van der Waals surface area contributed by atoms with Crippen LogP contribution in [0.3, 0.4) is 0 Å². The highest BCUT2D eigenvalue weighted by molar-refractivity contribution is 5.78. The zero-order valence-electron chi connectivity index (χ0n) is 15.5. The van der Waals surface area contributed by atoms with E-state index >= 15 is 0 Å². The second-order valence-corrected chi connectivity index (χ2v) is 6.86. The Hall–Kier alpha value is -3.10. The third kappa shape index (κ3) is 3.86. The lowest BCUT2D eigenvalue weighted by Crippen LogP contribution is -2.43. The number of carbonyl (C=O) groups is 1. The summed E-state index contributed by atoms with van der Waals surface area (Å²) in [7, 11) is 0. The largest absolute Gasteiger partial charge is 0.366 e. The van der Waals surface area contributed by atoms with Crippen molar-refractivity contribution in [1.29, 1.82) is 0 Å². The van der Waals surface area contributed by atoms with E-state index in [0.29, 0.717) is 30.7 Å². The summed E-state index contributed by atoms with van der Waals surface area (Å²) >= 11 is 0. The Bertz CT molecular complexity index is 947. The summed E-state index contributed by atoms with van der Waals surface area (Å²) in [6, 6.07) is 6.00. The van der Waals surface area contributed by atoms with Crippen molar-refractivity contribution < 1.29 is 4.79 Å². The van der Waals surface area contributed by atoms with E-state index in [9.17, 15) is 4.79 Å². The average molecular weight is 366 g/mol. The van der Waals surface area contributed by atoms with Gasteiger partial charge in [-0.1, -0.05) is 0 Å². The van der Waals surface area contributed by atoms with Gasteiger partial charge in [0.2, 0.25) is 5.91 Å². The van der Waals surface area contributed by atoms with Crippen LogP contribution in [0.5, 0.6) is 0 Å². The number of rotatable bonds is 4. The van der Waals surface area contributed by atoms with E-state index in [1.54, 1.807) is 10.7 Å². The van der Waals surface area contributed by atoms with Crippen LogP contribution in [0, 0.1) is 13.8 Å². The van der Waals surface area contributed by atoms with Crippen molar-refractivity contribution in [3.05, 3.63) is 41.6 Å². The second kappa shape index (κ2) is 7.26. The topological polar surface area (TPSA) is 101 Å². The van der Waals surface area contributed by atoms with Crippen molar-refractivity contribution >= 4 is 17.5 Å². The zero-order chi connectivity index (χ0) is 18.8. The summed E-state index contributed by atoms with van der Waals surface area (Å²) in [5, 5.41) is 15.7. The molecule has 0 aromatic carbocycles. The van der Waals surface area contributed by atoms with E-state index in [-0.39, 0.29) is 12.3 Å². The molecule has 0 atom stereocenters. The molecule has 0 bridgehead atoms. The fourth-order valence-electron chi connectivity index (χ4n) is 3.39. The Morgan fingerprint density at radius 2 is 2.07 bits per heavy atom. The maximum absolute atomic E-state index is 12.6. The van der Waals surface area contributed by atoms with Crippen molar-refractivity contribution in [3.63, 3.8) is 0 Å². The lowest BCUT2D eigenvalue weighted by molar-refractivity contribution is -0.131. The lowest BCUT2D eigenvalue weighted by atomic mass is 10.0. The Kier molecular flexibility index (Phi) is 4.66. The molecule has 3 aromatic rings. The minimum atomic E-state index is 0.0539. The number of fused-ring (bicyclic) bond motifs is 1. The molecule has 1 amide bonds. The molecule has 1 N–H and O–H groups in total. The summed E-state index contributed by atoms with van der Waals surface area (Å²) in [6.07, 6.45) is 3.60. The minimum absolute atomic E-state index is 0.0539. The molecule has 0 aliphatic carbocycles. The molecule has 3 aromatic heterocycles. The first kappa shape index (κ1) is 17.3. The number of amides is 1. The van der Waals surface area contributed by atoms with Crippen molar-refractivity contribution in [2.24, 2.45) is 0 Å². The van der Waals surface area contributed by atoms with E-state index < -0.39 is 0 Å². The smallest absolute Gasteiger partial charge is 0.252 e. The number of carbonyl (C=O) groups excluding carboxylic acids is 1. The number of aromatic nitrogens is 6. The molecule has 1 saturated heterocycles. The van der Waals surface area contributed by atoms with E-state index in [0.717, 1.165) is 30.0 Å². The van der Waals surface area contributed by atoms with Crippen LogP contribution in [-0.2, 0) is 11.2 Å². The number of anilines is 1. The molecule has 4 heterocycles. The van der Waals surface area contributed by atoms with Crippen LogP contribution in [0.2, 0.25) is 0 Å². The van der Waals surface area contributed by atoms with Crippen LogP contribution < -0.4 is 5.32 Å². The van der Waals surface area contributed by atoms with Gasteiger partial charge in [0.05, 0.1) is 6.42 Å². The van der Waals surface area contributed by atoms with Crippen molar-refractivity contribution in [2.75, 3.05) is 18.4 Å². The highest BCUT2D eigenvalue weighted by atomic mass is 16.2. The number of hydrogen-bond acceptors (Lipinski definition) is 7. The average Bonchev–Trinajstić information content (AvgIpc) is 3.06. The lowest BCUT2D eigenvalue weighted by Gasteiger charge is -2.32. The van der Waals surface area contributed by atoms with Gasteiger partial charge in [-0.05, 0) is 44.9 Å². The third-order valence-electron chi connectivity index (χ3n) is 4.74. The van der Waals surface area contributed by atoms with Crippen LogP contribution in [-0.4, -0.2) is 59.7 Å². The van der Waals surface area contributed by atoms with E-state index in [1.807, 2.05) is 36.9 Å². The second-order valence-electron chi connectivity index (χ2n) is 6.86. The van der Waals surface area contributed by atoms with Gasteiger partial charge in [-0.2, -0.15) is 10.1 Å². The summed E-state index contributed by atoms with van der Waals surface area (Å²) in [5.41, 5.74) is 1.85. The molecule has 0 unspecified atom stereocenters. The Labute approximate surface area is 156 Å². The number of nitrogens with one attached hydrogen (secondary N) is 1. The predicted molar refractivity (Wildman–Crippen MR) is 99.2 cm³/mol. The van der Waals surface area contributed by atoms with E-state index in [1.165, 1.54) is 0 Å². The van der Waals surface area contributed by atoms with Crippen LogP contribution in [0.4, 0.5) is 5.82 Å². The molecule has 9 nitrogen and oxygen atoms in total. The monoisotopic (exact) mass is 366 g/mol. The Balaban J connectivity index is 1.35. The number of nitrogens with zero attached hydrogens (tertiary/aromatic N) is 7. The van der Waals surface area contributed by atoms with E-state index in [4.69, 9.17) is 0 Å². The molecule has 0 spiro atoms. The van der Waals surface area contributed by atoms with Gasteiger partial charge < -0.3 is 10.2 Å². The molecule has 1 aliphatic heterocycles. The normalized spacial score (nSPS) is 15.3. The summed E-state index contributed by atoms with van der Waals surface area (Å²) in [5.74, 6) is 1.88. The van der Waals surface area contributed by atoms with Crippen molar-refractivity contribution in [3.8, 4) is 0 Å². The number of hydrogen-bond donors (Lipinski definition) is 1. The van der Waals surface area contributed by atoms with Crippen LogP contribution in [0.15, 0.2) is 24.4 Å². The number of likely N-dealkylation sites (tertiary alicyclic amines) is 1. The summed E-state index contributed by atoms with van der Waals surface area (Å²) < 4.78 is 1.69. The molecule has 4 rings (SSSR count). The quantitative estimate of drug-likeness (QED) is 0.740. The van der Waals surface area contributed by atoms with Gasteiger partial charge in [0, 0.05) is 36.7 Å². The first-order valence-electron chi connectivity index (χ1n) is 9.10. The Morgan fingerprint density at radius 1 is 1.26 bits per heavy atom. The molecular formula is C18H22N8O. The van der Waals surface area contributed by atoms with Gasteiger partial charge in [-0.25, -0.2) is 9.50 Å². The Morgan fingerprint density at radius 3 is 2.81 bits per heavy atom. The van der Waals surface area contributed by atoms with Crippen molar-refractivity contribution in [2.45, 2.75) is 39.2 Å². The van der Waals surface area contributed by atoms with E-state index in [2.05, 4.69) is 30.6 Å². The molecule has 140 valence electrons. The molecule has 1 fully saturated rings. The highest BCUT2D eigenvalue weighted by Gasteiger charge is 2.24. The van der Waals surface area contributed by atoms with Crippen molar-refractivity contribution in [1.82, 2.24) is 34.7 Å². The van der Waals surface area contributed by atoms with Crippen LogP contribution in [0.1, 0.15) is 30.1 Å². The van der Waals surface area contributed by atoms with Gasteiger partial charge >= 0.3 is 0 Å². The third-order valence-corrected chi connectivity index (χ3v) is 4.74. The maximum atomic E-state index is 12.6. The van der Waals surface area contributed by atoms with Crippen LogP contribution in [0.25, 0.3) is 5.78 Å². The first-order chi connectivity index (χ1) is 13.1. The maximum Gasteiger partial charge on any atom is 0.252 e. The summed E-state index contributed by atoms with van der Waals surface area (Å²) in [4.78, 5) is 23.3. The molecule has 9 heteroatoms. The predicted octanol–water partition coefficient (Wildman–Crippen LogP) is 1.18. The molecular weight excluding hydrogens is 344 g/mol. The fraction of sp³-hybridized carbons (Fsp3) is 0.444. The zero-order valence-corrected chi connectivity index (χ0v) is 15.5. The first-order valence-corrected chi connectivity index (χ1v) is 9.10. The van der Waals surface area contributed by atoms with Gasteiger partial charge in [-0.3, -0.25) is 4.79 Å². The molecule has 1 aliphatic rings. The molecule has 0 radical (unpaired) electrons. The molecule has 27 heavy (non-hydrogen) atoms. The highest BCUT2D eigenvalue weighted by Crippen LogP contribution is 2.16. The van der Waals surface area contributed by atoms with Gasteiger partial charge in [0.1, 0.15) is 5.82 Å². The van der Waals surface area contributed by atoms with Gasteiger partial charge in [-0.15, -0.1) is 10.2 Å². The number of piperidine rings is 1. The SMILES string of the molecule is Cc1cc(C)n2nc(CC(=O)N3CCC(Nc4cccnn4)CC3)nc2n1. The summed E-state index contributed by atoms with van der Waals surface area (Å²) in [6.45, 7) is 5.30.